The number of aliphatic hydroxyl groups is 6. The van der Waals surface area contributed by atoms with Crippen LogP contribution < -0.4 is 22.1 Å². The van der Waals surface area contributed by atoms with Gasteiger partial charge in [0.25, 0.3) is 0 Å². The molecule has 2 fully saturated rings. The quantitative estimate of drug-likeness (QED) is 0.0618. The lowest BCUT2D eigenvalue weighted by atomic mass is 9.89. The van der Waals surface area contributed by atoms with Gasteiger partial charge in [-0.05, 0) is 13.0 Å². The first-order chi connectivity index (χ1) is 22.0. The smallest absolute Gasteiger partial charge is 0.407 e. The Bertz CT molecular complexity index is 1320. The first-order valence-electron chi connectivity index (χ1n) is 14.3. The Kier molecular flexibility index (Phi) is 13.6. The van der Waals surface area contributed by atoms with Crippen LogP contribution in [0.5, 0.6) is 0 Å². The Morgan fingerprint density at radius 1 is 1.26 bits per heavy atom. The highest BCUT2D eigenvalue weighted by Gasteiger charge is 2.52. The highest BCUT2D eigenvalue weighted by Crippen LogP contribution is 2.51. The zero-order chi connectivity index (χ0) is 35.1. The molecule has 0 aromatic carbocycles. The van der Waals surface area contributed by atoms with Crippen molar-refractivity contribution in [2.75, 3.05) is 52.5 Å². The Hall–Kier alpha value is -2.79. The minimum Gasteiger partial charge on any atom is -0.447 e. The van der Waals surface area contributed by atoms with Gasteiger partial charge in [0.2, 0.25) is 5.91 Å². The van der Waals surface area contributed by atoms with E-state index in [-0.39, 0.29) is 19.0 Å². The van der Waals surface area contributed by atoms with Crippen molar-refractivity contribution in [1.29, 1.82) is 0 Å². The van der Waals surface area contributed by atoms with Gasteiger partial charge in [-0.3, -0.25) is 18.5 Å². The van der Waals surface area contributed by atoms with Gasteiger partial charge in [0.15, 0.2) is 12.0 Å². The minimum absolute atomic E-state index is 0.0740. The molecule has 21 nitrogen and oxygen atoms in total. The normalized spacial score (nSPS) is 31.8. The molecule has 1 aromatic rings. The third-order valence-corrected chi connectivity index (χ3v) is 8.52. The third-order valence-electron chi connectivity index (χ3n) is 7.19. The molecule has 2 aliphatic rings. The number of amides is 2. The van der Waals surface area contributed by atoms with Crippen LogP contribution in [0.15, 0.2) is 17.1 Å². The standard InChI is InChI=1S/C25H42N5O16P/c1-25(46-47(3,40)43-11-14-19(36)20(37)22(44-14)30-5-4-15(26)28-23(30)38)8-12(32)17(21(45-25)18(35)13(33)10-31)29-16(34)9-27-24(39)42-7-6-41-2/h4-5,12-14,17-22,31-33,35-37H,6-11H2,1-3H3,(H,27,39)(H,29,34)(H2,26,28,38)/t12-,13+,14?,17+,18+,19+,20+,21?,22+,25-,47?/m0/s1. The second-order valence-corrected chi connectivity index (χ2v) is 13.0. The van der Waals surface area contributed by atoms with Crippen molar-refractivity contribution in [1.82, 2.24) is 20.2 Å². The Morgan fingerprint density at radius 3 is 2.60 bits per heavy atom. The van der Waals surface area contributed by atoms with Gasteiger partial charge in [0, 0.05) is 26.4 Å². The van der Waals surface area contributed by atoms with Gasteiger partial charge in [-0.1, -0.05) is 0 Å². The van der Waals surface area contributed by atoms with E-state index in [0.717, 1.165) is 11.2 Å². The Morgan fingerprint density at radius 2 is 1.96 bits per heavy atom. The summed E-state index contributed by atoms with van der Waals surface area (Å²) in [7, 11) is -2.78. The number of alkyl carbamates (subject to hydrolysis) is 1. The van der Waals surface area contributed by atoms with Crippen LogP contribution in [0.1, 0.15) is 19.6 Å². The number of anilines is 1. The molecule has 2 saturated heterocycles. The number of nitrogens with one attached hydrogen (secondary N) is 2. The van der Waals surface area contributed by atoms with E-state index in [4.69, 9.17) is 33.7 Å². The summed E-state index contributed by atoms with van der Waals surface area (Å²) in [4.78, 5) is 40.0. The van der Waals surface area contributed by atoms with E-state index in [1.807, 2.05) is 0 Å². The van der Waals surface area contributed by atoms with Crippen molar-refractivity contribution in [3.63, 3.8) is 0 Å². The molecule has 3 heterocycles. The van der Waals surface area contributed by atoms with Gasteiger partial charge < -0.3 is 70.5 Å². The fourth-order valence-electron chi connectivity index (χ4n) is 4.94. The Labute approximate surface area is 268 Å². The van der Waals surface area contributed by atoms with Crippen LogP contribution in [0.3, 0.4) is 0 Å². The molecule has 0 radical (unpaired) electrons. The Balaban J connectivity index is 1.66. The maximum Gasteiger partial charge on any atom is 0.407 e. The molecule has 10 N–H and O–H groups in total. The molecular weight excluding hydrogens is 657 g/mol. The molecule has 11 atom stereocenters. The van der Waals surface area contributed by atoms with Gasteiger partial charge >= 0.3 is 19.4 Å². The van der Waals surface area contributed by atoms with Crippen LogP contribution in [0.25, 0.3) is 0 Å². The van der Waals surface area contributed by atoms with Gasteiger partial charge in [0.05, 0.1) is 32.0 Å². The first kappa shape index (κ1) is 38.7. The lowest BCUT2D eigenvalue weighted by Crippen LogP contribution is -2.66. The molecule has 268 valence electrons. The van der Waals surface area contributed by atoms with Gasteiger partial charge in [-0.15, -0.1) is 0 Å². The summed E-state index contributed by atoms with van der Waals surface area (Å²) in [5.41, 5.74) is 4.62. The van der Waals surface area contributed by atoms with Crippen molar-refractivity contribution < 1.29 is 72.8 Å². The second-order valence-electron chi connectivity index (χ2n) is 11.1. The van der Waals surface area contributed by atoms with E-state index in [1.54, 1.807) is 0 Å². The van der Waals surface area contributed by atoms with Crippen LogP contribution in [0.4, 0.5) is 10.6 Å². The summed E-state index contributed by atoms with van der Waals surface area (Å²) in [5.74, 6) is -2.91. The zero-order valence-electron chi connectivity index (χ0n) is 25.8. The predicted molar refractivity (Wildman–Crippen MR) is 156 cm³/mol. The van der Waals surface area contributed by atoms with Crippen LogP contribution in [0, 0.1) is 0 Å². The minimum atomic E-state index is -4.19. The van der Waals surface area contributed by atoms with Crippen LogP contribution in [0.2, 0.25) is 0 Å². The van der Waals surface area contributed by atoms with Gasteiger partial charge in [-0.25, -0.2) is 9.59 Å². The summed E-state index contributed by atoms with van der Waals surface area (Å²) in [6, 6.07) is -0.148. The third kappa shape index (κ3) is 10.3. The first-order valence-corrected chi connectivity index (χ1v) is 16.3. The fraction of sp³-hybridized carbons (Fsp3) is 0.760. The zero-order valence-corrected chi connectivity index (χ0v) is 26.7. The topological polar surface area (TPSA) is 313 Å². The maximum absolute atomic E-state index is 13.4. The average Bonchev–Trinajstić information content (AvgIpc) is 3.27. The lowest BCUT2D eigenvalue weighted by Gasteiger charge is -2.47. The lowest BCUT2D eigenvalue weighted by molar-refractivity contribution is -0.282. The number of hydrogen-bond donors (Lipinski definition) is 9. The number of carbonyl (C=O) groups excluding carboxylic acids is 2. The summed E-state index contributed by atoms with van der Waals surface area (Å²) in [6.07, 6.45) is -13.0. The molecule has 2 aliphatic heterocycles. The number of hydrogen-bond acceptors (Lipinski definition) is 18. The van der Waals surface area contributed by atoms with Crippen molar-refractivity contribution in [2.24, 2.45) is 0 Å². The molecule has 22 heteroatoms. The van der Waals surface area contributed by atoms with E-state index in [1.165, 1.54) is 26.3 Å². The SMILES string of the molecule is COCCOC(=O)NCC(=O)N[C@H]1C([C@H](O)[C@H](O)CO)O[C@@](C)(OP(C)(=O)OCC2O[C@@H](n3ccc(N)nc3=O)[C@H](O)[C@@H]2O)C[C@@H]1O. The maximum atomic E-state index is 13.4. The number of nitrogen functional groups attached to an aromatic ring is 1. The summed E-state index contributed by atoms with van der Waals surface area (Å²) in [6.45, 7) is 0.144. The molecule has 1 aromatic heterocycles. The largest absolute Gasteiger partial charge is 0.447 e. The molecule has 0 saturated carbocycles. The second kappa shape index (κ2) is 16.5. The summed E-state index contributed by atoms with van der Waals surface area (Å²) >= 11 is 0. The number of rotatable bonds is 15. The number of nitrogens with zero attached hydrogens (tertiary/aromatic N) is 2. The fourth-order valence-corrected chi connectivity index (χ4v) is 6.23. The average molecular weight is 700 g/mol. The van der Waals surface area contributed by atoms with Crippen molar-refractivity contribution in [2.45, 2.75) is 74.1 Å². The molecule has 0 spiro atoms. The summed E-state index contributed by atoms with van der Waals surface area (Å²) in [5, 5.41) is 66.7. The molecule has 3 rings (SSSR count). The molecule has 3 unspecified atom stereocenters. The van der Waals surface area contributed by atoms with E-state index in [2.05, 4.69) is 15.6 Å². The van der Waals surface area contributed by atoms with Crippen LogP contribution in [-0.2, 0) is 37.4 Å². The molecule has 47 heavy (non-hydrogen) atoms. The number of carbonyl (C=O) groups is 2. The van der Waals surface area contributed by atoms with Crippen molar-refractivity contribution >= 4 is 25.4 Å². The number of aliphatic hydroxyl groups excluding tert-OH is 6. The number of nitrogens with two attached hydrogens (primary N) is 1. The number of methoxy groups -OCH3 is 1. The monoisotopic (exact) mass is 699 g/mol. The van der Waals surface area contributed by atoms with E-state index in [0.29, 0.717) is 0 Å². The van der Waals surface area contributed by atoms with E-state index < -0.39 is 112 Å². The van der Waals surface area contributed by atoms with E-state index >= 15 is 0 Å². The molecule has 2 amide bonds. The van der Waals surface area contributed by atoms with Crippen molar-refractivity contribution in [3.8, 4) is 0 Å². The number of aromatic nitrogens is 2. The summed E-state index contributed by atoms with van der Waals surface area (Å²) < 4.78 is 46.2. The predicted octanol–water partition coefficient (Wildman–Crippen LogP) is -4.26. The molecular formula is C25H42N5O16P. The van der Waals surface area contributed by atoms with Crippen LogP contribution in [-0.4, -0.2) is 153 Å². The highest BCUT2D eigenvalue weighted by atomic mass is 31.2. The number of ether oxygens (including phenoxy) is 4. The molecule has 0 aliphatic carbocycles. The van der Waals surface area contributed by atoms with Crippen LogP contribution >= 0.6 is 7.60 Å². The highest BCUT2D eigenvalue weighted by molar-refractivity contribution is 7.53. The molecule has 0 bridgehead atoms. The van der Waals surface area contributed by atoms with Gasteiger partial charge in [-0.2, -0.15) is 4.98 Å². The van der Waals surface area contributed by atoms with Gasteiger partial charge in [0.1, 0.15) is 55.6 Å². The van der Waals surface area contributed by atoms with E-state index in [9.17, 15) is 49.6 Å². The van der Waals surface area contributed by atoms with Crippen molar-refractivity contribution in [3.05, 3.63) is 22.7 Å².